The summed E-state index contributed by atoms with van der Waals surface area (Å²) in [5.41, 5.74) is 1.80. The van der Waals surface area contributed by atoms with Crippen molar-refractivity contribution in [3.05, 3.63) is 65.5 Å². The van der Waals surface area contributed by atoms with Gasteiger partial charge in [-0.15, -0.1) is 0 Å². The number of hydrogen-bond donors (Lipinski definition) is 1. The Morgan fingerprint density at radius 2 is 1.77 bits per heavy atom. The Morgan fingerprint density at radius 3 is 2.36 bits per heavy atom. The molecule has 0 spiro atoms. The standard InChI is InChI=1S/C18H20FNO2/c1-3-22-17-10-6-15(7-11-17)13(2)20-18(21)12-14-4-8-16(19)9-5-14/h4-11,13H,3,12H2,1-2H3,(H,20,21). The zero-order chi connectivity index (χ0) is 15.9. The van der Waals surface area contributed by atoms with Gasteiger partial charge in [-0.2, -0.15) is 0 Å². The molecular weight excluding hydrogens is 281 g/mol. The Balaban J connectivity index is 1.91. The summed E-state index contributed by atoms with van der Waals surface area (Å²) < 4.78 is 18.2. The molecule has 1 amide bonds. The van der Waals surface area contributed by atoms with Crippen molar-refractivity contribution in [1.82, 2.24) is 5.32 Å². The van der Waals surface area contributed by atoms with Crippen LogP contribution in [-0.4, -0.2) is 12.5 Å². The third kappa shape index (κ3) is 4.58. The second kappa shape index (κ2) is 7.59. The van der Waals surface area contributed by atoms with Crippen LogP contribution in [0, 0.1) is 5.82 Å². The number of benzene rings is 2. The van der Waals surface area contributed by atoms with Gasteiger partial charge in [0.15, 0.2) is 0 Å². The van der Waals surface area contributed by atoms with Gasteiger partial charge in [-0.1, -0.05) is 24.3 Å². The Morgan fingerprint density at radius 1 is 1.14 bits per heavy atom. The predicted octanol–water partition coefficient (Wildman–Crippen LogP) is 3.64. The van der Waals surface area contributed by atoms with Crippen LogP contribution in [0.4, 0.5) is 4.39 Å². The molecule has 0 aliphatic carbocycles. The summed E-state index contributed by atoms with van der Waals surface area (Å²) in [6.45, 7) is 4.49. The molecule has 22 heavy (non-hydrogen) atoms. The van der Waals surface area contributed by atoms with Crippen molar-refractivity contribution in [2.24, 2.45) is 0 Å². The minimum Gasteiger partial charge on any atom is -0.494 e. The molecule has 0 saturated carbocycles. The molecule has 0 bridgehead atoms. The molecule has 4 heteroatoms. The molecule has 1 atom stereocenters. The summed E-state index contributed by atoms with van der Waals surface area (Å²) in [5, 5.41) is 2.94. The highest BCUT2D eigenvalue weighted by Gasteiger charge is 2.10. The molecular formula is C18H20FNO2. The first-order chi connectivity index (χ1) is 10.6. The SMILES string of the molecule is CCOc1ccc(C(C)NC(=O)Cc2ccc(F)cc2)cc1. The molecule has 0 radical (unpaired) electrons. The van der Waals surface area contributed by atoms with Crippen LogP contribution in [0.1, 0.15) is 31.0 Å². The fraction of sp³-hybridized carbons (Fsp3) is 0.278. The lowest BCUT2D eigenvalue weighted by Gasteiger charge is -2.15. The van der Waals surface area contributed by atoms with E-state index in [1.807, 2.05) is 38.1 Å². The highest BCUT2D eigenvalue weighted by atomic mass is 19.1. The molecule has 1 unspecified atom stereocenters. The molecule has 0 aliphatic rings. The fourth-order valence-corrected chi connectivity index (χ4v) is 2.18. The van der Waals surface area contributed by atoms with Gasteiger partial charge in [-0.05, 0) is 49.2 Å². The normalized spacial score (nSPS) is 11.8. The van der Waals surface area contributed by atoms with Gasteiger partial charge in [0.25, 0.3) is 0 Å². The van der Waals surface area contributed by atoms with E-state index in [1.54, 1.807) is 12.1 Å². The molecule has 2 aromatic rings. The average molecular weight is 301 g/mol. The predicted molar refractivity (Wildman–Crippen MR) is 84.3 cm³/mol. The first kappa shape index (κ1) is 16.0. The quantitative estimate of drug-likeness (QED) is 0.884. The first-order valence-corrected chi connectivity index (χ1v) is 7.35. The van der Waals surface area contributed by atoms with Crippen molar-refractivity contribution in [1.29, 1.82) is 0 Å². The van der Waals surface area contributed by atoms with Crippen molar-refractivity contribution in [2.75, 3.05) is 6.61 Å². The molecule has 2 rings (SSSR count). The summed E-state index contributed by atoms with van der Waals surface area (Å²) in [5.74, 6) is 0.427. The lowest BCUT2D eigenvalue weighted by Crippen LogP contribution is -2.28. The number of carbonyl (C=O) groups is 1. The number of carbonyl (C=O) groups excluding carboxylic acids is 1. The summed E-state index contributed by atoms with van der Waals surface area (Å²) in [6, 6.07) is 13.5. The number of ether oxygens (including phenoxy) is 1. The number of rotatable bonds is 6. The van der Waals surface area contributed by atoms with Gasteiger partial charge in [-0.3, -0.25) is 4.79 Å². The maximum Gasteiger partial charge on any atom is 0.224 e. The highest BCUT2D eigenvalue weighted by Crippen LogP contribution is 2.17. The van der Waals surface area contributed by atoms with Gasteiger partial charge in [-0.25, -0.2) is 4.39 Å². The topological polar surface area (TPSA) is 38.3 Å². The smallest absolute Gasteiger partial charge is 0.224 e. The van der Waals surface area contributed by atoms with E-state index in [0.717, 1.165) is 16.9 Å². The molecule has 3 nitrogen and oxygen atoms in total. The minimum atomic E-state index is -0.299. The number of amides is 1. The number of nitrogens with one attached hydrogen (secondary N) is 1. The van der Waals surface area contributed by atoms with Crippen LogP contribution in [0.5, 0.6) is 5.75 Å². The highest BCUT2D eigenvalue weighted by molar-refractivity contribution is 5.79. The Hall–Kier alpha value is -2.36. The summed E-state index contributed by atoms with van der Waals surface area (Å²) in [6.07, 6.45) is 0.238. The fourth-order valence-electron chi connectivity index (χ4n) is 2.18. The van der Waals surface area contributed by atoms with Crippen LogP contribution in [0.3, 0.4) is 0 Å². The van der Waals surface area contributed by atoms with Crippen LogP contribution in [0.2, 0.25) is 0 Å². The van der Waals surface area contributed by atoms with Gasteiger partial charge < -0.3 is 10.1 Å². The molecule has 0 heterocycles. The zero-order valence-electron chi connectivity index (χ0n) is 12.8. The van der Waals surface area contributed by atoms with Gasteiger partial charge in [0, 0.05) is 0 Å². The maximum absolute atomic E-state index is 12.8. The van der Waals surface area contributed by atoms with Crippen LogP contribution in [0.15, 0.2) is 48.5 Å². The number of hydrogen-bond acceptors (Lipinski definition) is 2. The maximum atomic E-state index is 12.8. The number of halogens is 1. The van der Waals surface area contributed by atoms with Crippen molar-refractivity contribution >= 4 is 5.91 Å². The molecule has 0 fully saturated rings. The molecule has 116 valence electrons. The Labute approximate surface area is 130 Å². The molecule has 0 saturated heterocycles. The van der Waals surface area contributed by atoms with Crippen molar-refractivity contribution in [3.63, 3.8) is 0 Å². The van der Waals surface area contributed by atoms with E-state index in [1.165, 1.54) is 12.1 Å². The van der Waals surface area contributed by atoms with Crippen LogP contribution in [-0.2, 0) is 11.2 Å². The largest absolute Gasteiger partial charge is 0.494 e. The van der Waals surface area contributed by atoms with E-state index >= 15 is 0 Å². The van der Waals surface area contributed by atoms with E-state index in [0.29, 0.717) is 6.61 Å². The van der Waals surface area contributed by atoms with Gasteiger partial charge in [0.2, 0.25) is 5.91 Å². The molecule has 1 N–H and O–H groups in total. The molecule has 0 aromatic heterocycles. The summed E-state index contributed by atoms with van der Waals surface area (Å²) >= 11 is 0. The van der Waals surface area contributed by atoms with Gasteiger partial charge >= 0.3 is 0 Å². The summed E-state index contributed by atoms with van der Waals surface area (Å²) in [4.78, 5) is 12.0. The molecule has 2 aromatic carbocycles. The zero-order valence-corrected chi connectivity index (χ0v) is 12.8. The second-order valence-corrected chi connectivity index (χ2v) is 5.09. The van der Waals surface area contributed by atoms with E-state index in [4.69, 9.17) is 4.74 Å². The van der Waals surface area contributed by atoms with Gasteiger partial charge in [0.1, 0.15) is 11.6 Å². The third-order valence-electron chi connectivity index (χ3n) is 3.35. The monoisotopic (exact) mass is 301 g/mol. The van der Waals surface area contributed by atoms with Crippen LogP contribution < -0.4 is 10.1 Å². The van der Waals surface area contributed by atoms with Crippen molar-refractivity contribution in [3.8, 4) is 5.75 Å². The summed E-state index contributed by atoms with van der Waals surface area (Å²) in [7, 11) is 0. The molecule has 0 aliphatic heterocycles. The average Bonchev–Trinajstić information content (AvgIpc) is 2.50. The lowest BCUT2D eigenvalue weighted by atomic mass is 10.1. The van der Waals surface area contributed by atoms with E-state index < -0.39 is 0 Å². The van der Waals surface area contributed by atoms with E-state index in [9.17, 15) is 9.18 Å². The van der Waals surface area contributed by atoms with E-state index in [2.05, 4.69) is 5.32 Å². The van der Waals surface area contributed by atoms with Gasteiger partial charge in [0.05, 0.1) is 19.1 Å². The van der Waals surface area contributed by atoms with Crippen LogP contribution >= 0.6 is 0 Å². The van der Waals surface area contributed by atoms with Crippen molar-refractivity contribution in [2.45, 2.75) is 26.3 Å². The Bertz CT molecular complexity index is 608. The van der Waals surface area contributed by atoms with E-state index in [-0.39, 0.29) is 24.2 Å². The Kier molecular flexibility index (Phi) is 5.53. The minimum absolute atomic E-state index is 0.0898. The first-order valence-electron chi connectivity index (χ1n) is 7.35. The lowest BCUT2D eigenvalue weighted by molar-refractivity contribution is -0.121. The van der Waals surface area contributed by atoms with Crippen LogP contribution in [0.25, 0.3) is 0 Å². The third-order valence-corrected chi connectivity index (χ3v) is 3.35. The van der Waals surface area contributed by atoms with Crippen molar-refractivity contribution < 1.29 is 13.9 Å². The second-order valence-electron chi connectivity index (χ2n) is 5.09.